The van der Waals surface area contributed by atoms with E-state index in [0.29, 0.717) is 17.7 Å². The Morgan fingerprint density at radius 3 is 2.67 bits per heavy atom. The Labute approximate surface area is 121 Å². The van der Waals surface area contributed by atoms with Crippen LogP contribution in [0.1, 0.15) is 21.5 Å². The summed E-state index contributed by atoms with van der Waals surface area (Å²) >= 11 is 0. The molecular weight excluding hydrogens is 270 g/mol. The smallest absolute Gasteiger partial charge is 0.272 e. The Morgan fingerprint density at radius 1 is 1.29 bits per heavy atom. The van der Waals surface area contributed by atoms with E-state index in [4.69, 9.17) is 5.73 Å². The van der Waals surface area contributed by atoms with Crippen LogP contribution in [0.2, 0.25) is 0 Å². The van der Waals surface area contributed by atoms with E-state index in [2.05, 4.69) is 5.32 Å². The molecule has 6 heteroatoms. The van der Waals surface area contributed by atoms with Gasteiger partial charge in [0.2, 0.25) is 5.91 Å². The molecule has 2 aromatic rings. The predicted molar refractivity (Wildman–Crippen MR) is 80.1 cm³/mol. The fraction of sp³-hybridized carbons (Fsp3) is 0.133. The third-order valence-corrected chi connectivity index (χ3v) is 3.10. The van der Waals surface area contributed by atoms with Crippen molar-refractivity contribution in [1.29, 1.82) is 0 Å². The first-order valence-electron chi connectivity index (χ1n) is 6.35. The second-order valence-corrected chi connectivity index (χ2v) is 4.68. The first-order chi connectivity index (χ1) is 9.97. The van der Waals surface area contributed by atoms with Crippen molar-refractivity contribution in [3.8, 4) is 0 Å². The molecule has 6 nitrogen and oxygen atoms in total. The Morgan fingerprint density at radius 2 is 2.05 bits per heavy atom. The standard InChI is InChI=1S/C15H15N3O3/c1-10-7-13(5-6-14(10)18(20)21)17-9-11-3-2-4-12(8-11)15(16)19/h2-8,17H,9H2,1H3,(H2,16,19). The topological polar surface area (TPSA) is 98.3 Å². The molecule has 0 aliphatic heterocycles. The molecule has 108 valence electrons. The highest BCUT2D eigenvalue weighted by Gasteiger charge is 2.10. The molecule has 0 unspecified atom stereocenters. The highest BCUT2D eigenvalue weighted by atomic mass is 16.6. The lowest BCUT2D eigenvalue weighted by molar-refractivity contribution is -0.385. The van der Waals surface area contributed by atoms with E-state index >= 15 is 0 Å². The quantitative estimate of drug-likeness (QED) is 0.651. The molecule has 0 fully saturated rings. The Bertz CT molecular complexity index is 698. The molecule has 0 aliphatic carbocycles. The average molecular weight is 285 g/mol. The number of carbonyl (C=O) groups is 1. The zero-order valence-corrected chi connectivity index (χ0v) is 11.5. The molecule has 0 saturated heterocycles. The molecule has 2 aromatic carbocycles. The van der Waals surface area contributed by atoms with E-state index in [9.17, 15) is 14.9 Å². The normalized spacial score (nSPS) is 10.1. The molecule has 3 N–H and O–H groups in total. The van der Waals surface area contributed by atoms with Crippen molar-refractivity contribution in [3.05, 3.63) is 69.3 Å². The van der Waals surface area contributed by atoms with Gasteiger partial charge in [-0.1, -0.05) is 12.1 Å². The summed E-state index contributed by atoms with van der Waals surface area (Å²) < 4.78 is 0. The summed E-state index contributed by atoms with van der Waals surface area (Å²) in [5.41, 5.74) is 8.06. The van der Waals surface area contributed by atoms with Gasteiger partial charge < -0.3 is 11.1 Å². The third-order valence-electron chi connectivity index (χ3n) is 3.10. The number of primary amides is 1. The number of rotatable bonds is 5. The van der Waals surface area contributed by atoms with Crippen molar-refractivity contribution in [3.63, 3.8) is 0 Å². The molecule has 0 saturated carbocycles. The summed E-state index contributed by atoms with van der Waals surface area (Å²) in [6.07, 6.45) is 0. The first-order valence-corrected chi connectivity index (χ1v) is 6.35. The Balaban J connectivity index is 2.10. The van der Waals surface area contributed by atoms with E-state index in [1.807, 2.05) is 6.07 Å². The van der Waals surface area contributed by atoms with Crippen molar-refractivity contribution >= 4 is 17.3 Å². The molecule has 0 aromatic heterocycles. The number of benzene rings is 2. The third kappa shape index (κ3) is 3.56. The van der Waals surface area contributed by atoms with Crippen molar-refractivity contribution < 1.29 is 9.72 Å². The Kier molecular flexibility index (Phi) is 4.18. The molecule has 0 radical (unpaired) electrons. The van der Waals surface area contributed by atoms with Crippen LogP contribution in [0.25, 0.3) is 0 Å². The molecule has 0 spiro atoms. The number of anilines is 1. The first kappa shape index (κ1) is 14.5. The maximum absolute atomic E-state index is 11.1. The largest absolute Gasteiger partial charge is 0.381 e. The number of nitro groups is 1. The number of carbonyl (C=O) groups excluding carboxylic acids is 1. The maximum atomic E-state index is 11.1. The molecule has 2 rings (SSSR count). The van der Waals surface area contributed by atoms with Crippen molar-refractivity contribution in [2.24, 2.45) is 5.73 Å². The zero-order chi connectivity index (χ0) is 15.4. The maximum Gasteiger partial charge on any atom is 0.272 e. The summed E-state index contributed by atoms with van der Waals surface area (Å²) in [6.45, 7) is 2.19. The van der Waals surface area contributed by atoms with Gasteiger partial charge in [-0.2, -0.15) is 0 Å². The summed E-state index contributed by atoms with van der Waals surface area (Å²) in [5, 5.41) is 13.9. The molecule has 21 heavy (non-hydrogen) atoms. The molecule has 0 heterocycles. The lowest BCUT2D eigenvalue weighted by Gasteiger charge is -2.08. The summed E-state index contributed by atoms with van der Waals surface area (Å²) in [5.74, 6) is -0.469. The van der Waals surface area contributed by atoms with Gasteiger partial charge in [0.1, 0.15) is 0 Å². The van der Waals surface area contributed by atoms with Gasteiger partial charge in [0.15, 0.2) is 0 Å². The second-order valence-electron chi connectivity index (χ2n) is 4.68. The van der Waals surface area contributed by atoms with Crippen molar-refractivity contribution in [2.75, 3.05) is 5.32 Å². The Hall–Kier alpha value is -2.89. The minimum atomic E-state index is -0.469. The van der Waals surface area contributed by atoms with Crippen molar-refractivity contribution in [2.45, 2.75) is 13.5 Å². The number of nitro benzene ring substituents is 1. The second kappa shape index (κ2) is 6.04. The van der Waals surface area contributed by atoms with Gasteiger partial charge in [0.25, 0.3) is 5.69 Å². The number of hydrogen-bond donors (Lipinski definition) is 2. The van der Waals surface area contributed by atoms with Gasteiger partial charge in [-0.3, -0.25) is 14.9 Å². The number of hydrogen-bond acceptors (Lipinski definition) is 4. The van der Waals surface area contributed by atoms with Crippen LogP contribution >= 0.6 is 0 Å². The minimum absolute atomic E-state index is 0.0938. The summed E-state index contributed by atoms with van der Waals surface area (Å²) in [4.78, 5) is 21.5. The summed E-state index contributed by atoms with van der Waals surface area (Å²) in [6, 6.07) is 11.8. The molecular formula is C15H15N3O3. The van der Waals surface area contributed by atoms with E-state index in [1.165, 1.54) is 6.07 Å². The zero-order valence-electron chi connectivity index (χ0n) is 11.5. The van der Waals surface area contributed by atoms with Crippen LogP contribution in [-0.4, -0.2) is 10.8 Å². The van der Waals surface area contributed by atoms with Gasteiger partial charge in [-0.15, -0.1) is 0 Å². The van der Waals surface area contributed by atoms with E-state index in [-0.39, 0.29) is 5.69 Å². The highest BCUT2D eigenvalue weighted by Crippen LogP contribution is 2.22. The van der Waals surface area contributed by atoms with Crippen LogP contribution in [0.4, 0.5) is 11.4 Å². The van der Waals surface area contributed by atoms with E-state index in [1.54, 1.807) is 37.3 Å². The monoisotopic (exact) mass is 285 g/mol. The lowest BCUT2D eigenvalue weighted by atomic mass is 10.1. The lowest BCUT2D eigenvalue weighted by Crippen LogP contribution is -2.11. The number of nitrogens with two attached hydrogens (primary N) is 1. The fourth-order valence-electron chi connectivity index (χ4n) is 2.01. The number of amides is 1. The van der Waals surface area contributed by atoms with Gasteiger partial charge in [0.05, 0.1) is 4.92 Å². The van der Waals surface area contributed by atoms with Gasteiger partial charge in [-0.25, -0.2) is 0 Å². The van der Waals surface area contributed by atoms with Gasteiger partial charge >= 0.3 is 0 Å². The average Bonchev–Trinajstić information content (AvgIpc) is 2.45. The number of aryl methyl sites for hydroxylation is 1. The van der Waals surface area contributed by atoms with E-state index in [0.717, 1.165) is 11.3 Å². The van der Waals surface area contributed by atoms with Crippen LogP contribution in [0.5, 0.6) is 0 Å². The van der Waals surface area contributed by atoms with Crippen LogP contribution < -0.4 is 11.1 Å². The minimum Gasteiger partial charge on any atom is -0.381 e. The predicted octanol–water partition coefficient (Wildman–Crippen LogP) is 2.61. The summed E-state index contributed by atoms with van der Waals surface area (Å²) in [7, 11) is 0. The van der Waals surface area contributed by atoms with Crippen molar-refractivity contribution in [1.82, 2.24) is 0 Å². The fourth-order valence-corrected chi connectivity index (χ4v) is 2.01. The number of nitrogens with one attached hydrogen (secondary N) is 1. The van der Waals surface area contributed by atoms with Crippen LogP contribution in [0, 0.1) is 17.0 Å². The van der Waals surface area contributed by atoms with Gasteiger partial charge in [-0.05, 0) is 36.8 Å². The number of nitrogens with zero attached hydrogens (tertiary/aromatic N) is 1. The highest BCUT2D eigenvalue weighted by molar-refractivity contribution is 5.92. The van der Waals surface area contributed by atoms with Gasteiger partial charge in [0, 0.05) is 29.4 Å². The van der Waals surface area contributed by atoms with E-state index < -0.39 is 10.8 Å². The van der Waals surface area contributed by atoms with Crippen LogP contribution in [0.15, 0.2) is 42.5 Å². The molecule has 1 amide bonds. The van der Waals surface area contributed by atoms with Crippen LogP contribution in [-0.2, 0) is 6.54 Å². The molecule has 0 bridgehead atoms. The SMILES string of the molecule is Cc1cc(NCc2cccc(C(N)=O)c2)ccc1[N+](=O)[O-]. The molecule has 0 atom stereocenters. The molecule has 0 aliphatic rings. The van der Waals surface area contributed by atoms with Crippen LogP contribution in [0.3, 0.4) is 0 Å².